The monoisotopic (exact) mass is 350 g/mol. The lowest BCUT2D eigenvalue weighted by Crippen LogP contribution is -2.05. The Morgan fingerprint density at radius 1 is 1.48 bits per heavy atom. The Bertz CT molecular complexity index is 884. The highest BCUT2D eigenvalue weighted by atomic mass is 32.2. The van der Waals surface area contributed by atoms with Crippen molar-refractivity contribution in [3.8, 4) is 0 Å². The lowest BCUT2D eigenvalue weighted by Gasteiger charge is -2.07. The summed E-state index contributed by atoms with van der Waals surface area (Å²) in [6, 6.07) is 5.93. The molecule has 0 aliphatic carbocycles. The Balaban J connectivity index is 1.87. The summed E-state index contributed by atoms with van der Waals surface area (Å²) in [5, 5.41) is 13.8. The minimum absolute atomic E-state index is 0.103. The standard InChI is InChI=1S/C14H11FN4O2S2/c1-22-14-18-10-6-9(15)8(5-12(10)23-14)7-17-13-11(19(20)21)3-2-4-16-13/h2-6H,7H2,1H3,(H,16,17). The Morgan fingerprint density at radius 2 is 2.30 bits per heavy atom. The van der Waals surface area contributed by atoms with Crippen LogP contribution in [-0.2, 0) is 6.54 Å². The summed E-state index contributed by atoms with van der Waals surface area (Å²) in [5.41, 5.74) is 0.884. The lowest BCUT2D eigenvalue weighted by atomic mass is 10.2. The maximum atomic E-state index is 14.2. The van der Waals surface area contributed by atoms with Gasteiger partial charge in [0, 0.05) is 30.4 Å². The van der Waals surface area contributed by atoms with E-state index in [-0.39, 0.29) is 18.1 Å². The number of thiazole rings is 1. The molecule has 0 aliphatic heterocycles. The maximum Gasteiger partial charge on any atom is 0.311 e. The summed E-state index contributed by atoms with van der Waals surface area (Å²) in [6.45, 7) is 0.103. The fourth-order valence-corrected chi connectivity index (χ4v) is 3.59. The fourth-order valence-electron chi connectivity index (χ4n) is 2.05. The molecule has 1 N–H and O–H groups in total. The van der Waals surface area contributed by atoms with Crippen molar-refractivity contribution in [2.24, 2.45) is 0 Å². The van der Waals surface area contributed by atoms with Gasteiger partial charge in [-0.25, -0.2) is 14.4 Å². The van der Waals surface area contributed by atoms with E-state index in [1.165, 1.54) is 47.5 Å². The minimum Gasteiger partial charge on any atom is -0.360 e. The van der Waals surface area contributed by atoms with Crippen molar-refractivity contribution in [1.29, 1.82) is 0 Å². The third-order valence-electron chi connectivity index (χ3n) is 3.14. The van der Waals surface area contributed by atoms with Gasteiger partial charge in [-0.1, -0.05) is 11.8 Å². The number of rotatable bonds is 5. The molecule has 0 aliphatic rings. The number of benzene rings is 1. The predicted molar refractivity (Wildman–Crippen MR) is 89.6 cm³/mol. The van der Waals surface area contributed by atoms with Crippen LogP contribution in [0.5, 0.6) is 0 Å². The van der Waals surface area contributed by atoms with Gasteiger partial charge < -0.3 is 5.32 Å². The Hall–Kier alpha value is -2.26. The van der Waals surface area contributed by atoms with Crippen molar-refractivity contribution in [2.75, 3.05) is 11.6 Å². The molecule has 0 fully saturated rings. The number of hydrogen-bond donors (Lipinski definition) is 1. The molecule has 2 aromatic heterocycles. The highest BCUT2D eigenvalue weighted by Gasteiger charge is 2.15. The van der Waals surface area contributed by atoms with Crippen molar-refractivity contribution < 1.29 is 9.31 Å². The molecule has 9 heteroatoms. The lowest BCUT2D eigenvalue weighted by molar-refractivity contribution is -0.384. The van der Waals surface area contributed by atoms with Crippen LogP contribution in [0.1, 0.15) is 5.56 Å². The third kappa shape index (κ3) is 3.25. The summed E-state index contributed by atoms with van der Waals surface area (Å²) >= 11 is 2.99. The molecule has 0 unspecified atom stereocenters. The van der Waals surface area contributed by atoms with E-state index in [1.54, 1.807) is 6.07 Å². The number of thioether (sulfide) groups is 1. The fraction of sp³-hybridized carbons (Fsp3) is 0.143. The van der Waals surface area contributed by atoms with Gasteiger partial charge in [0.1, 0.15) is 5.82 Å². The first-order valence-electron chi connectivity index (χ1n) is 6.54. The van der Waals surface area contributed by atoms with Crippen LogP contribution in [0, 0.1) is 15.9 Å². The number of halogens is 1. The Labute approximate surface area is 138 Å². The molecule has 2 heterocycles. The van der Waals surface area contributed by atoms with Crippen LogP contribution >= 0.6 is 23.1 Å². The van der Waals surface area contributed by atoms with Crippen molar-refractivity contribution in [2.45, 2.75) is 10.9 Å². The average Bonchev–Trinajstić information content (AvgIpc) is 2.94. The average molecular weight is 350 g/mol. The number of nitrogens with zero attached hydrogens (tertiary/aromatic N) is 3. The van der Waals surface area contributed by atoms with Crippen LogP contribution in [0.3, 0.4) is 0 Å². The van der Waals surface area contributed by atoms with Gasteiger partial charge in [-0.2, -0.15) is 0 Å². The largest absolute Gasteiger partial charge is 0.360 e. The van der Waals surface area contributed by atoms with Crippen molar-refractivity contribution in [1.82, 2.24) is 9.97 Å². The predicted octanol–water partition coefficient (Wildman–Crippen LogP) is 4.07. The molecular weight excluding hydrogens is 339 g/mol. The van der Waals surface area contributed by atoms with E-state index in [0.29, 0.717) is 11.1 Å². The molecule has 6 nitrogen and oxygen atoms in total. The zero-order chi connectivity index (χ0) is 16.4. The van der Waals surface area contributed by atoms with Gasteiger partial charge in [0.05, 0.1) is 15.1 Å². The van der Waals surface area contributed by atoms with E-state index in [9.17, 15) is 14.5 Å². The van der Waals surface area contributed by atoms with Crippen molar-refractivity contribution in [3.63, 3.8) is 0 Å². The minimum atomic E-state index is -0.525. The zero-order valence-electron chi connectivity index (χ0n) is 11.9. The van der Waals surface area contributed by atoms with Crippen molar-refractivity contribution in [3.05, 3.63) is 52.0 Å². The molecule has 3 aromatic rings. The molecule has 0 bridgehead atoms. The zero-order valence-corrected chi connectivity index (χ0v) is 13.6. The SMILES string of the molecule is CSc1nc2cc(F)c(CNc3ncccc3[N+](=O)[O-])cc2s1. The van der Waals surface area contributed by atoms with Crippen LogP contribution in [0.2, 0.25) is 0 Å². The smallest absolute Gasteiger partial charge is 0.311 e. The molecule has 23 heavy (non-hydrogen) atoms. The molecule has 0 radical (unpaired) electrons. The Kier molecular flexibility index (Phi) is 4.39. The topological polar surface area (TPSA) is 81.0 Å². The first-order chi connectivity index (χ1) is 11.1. The van der Waals surface area contributed by atoms with E-state index >= 15 is 0 Å². The molecule has 1 aromatic carbocycles. The number of anilines is 1. The number of fused-ring (bicyclic) bond motifs is 1. The molecule has 0 spiro atoms. The number of nitrogens with one attached hydrogen (secondary N) is 1. The van der Waals surface area contributed by atoms with Gasteiger partial charge in [0.15, 0.2) is 4.34 Å². The van der Waals surface area contributed by atoms with E-state index in [0.717, 1.165) is 9.04 Å². The molecule has 118 valence electrons. The van der Waals surface area contributed by atoms with Crippen LogP contribution < -0.4 is 5.32 Å². The summed E-state index contributed by atoms with van der Waals surface area (Å²) in [7, 11) is 0. The molecule has 0 saturated heterocycles. The van der Waals surface area contributed by atoms with Gasteiger partial charge in [-0.15, -0.1) is 11.3 Å². The van der Waals surface area contributed by atoms with Crippen LogP contribution in [0.15, 0.2) is 34.8 Å². The normalized spacial score (nSPS) is 10.9. The van der Waals surface area contributed by atoms with E-state index in [1.807, 2.05) is 6.26 Å². The van der Waals surface area contributed by atoms with Crippen LogP contribution in [0.25, 0.3) is 10.2 Å². The van der Waals surface area contributed by atoms with Gasteiger partial charge >= 0.3 is 5.69 Å². The number of aromatic nitrogens is 2. The molecule has 0 amide bonds. The van der Waals surface area contributed by atoms with Crippen LogP contribution in [0.4, 0.5) is 15.9 Å². The second kappa shape index (κ2) is 6.47. The summed E-state index contributed by atoms with van der Waals surface area (Å²) < 4.78 is 15.9. The summed E-state index contributed by atoms with van der Waals surface area (Å²) in [6.07, 6.45) is 3.36. The summed E-state index contributed by atoms with van der Waals surface area (Å²) in [4.78, 5) is 18.7. The third-order valence-corrected chi connectivity index (χ3v) is 5.14. The highest BCUT2D eigenvalue weighted by molar-refractivity contribution is 8.00. The number of nitro groups is 1. The molecular formula is C14H11FN4O2S2. The van der Waals surface area contributed by atoms with Crippen LogP contribution in [-0.4, -0.2) is 21.1 Å². The second-order valence-corrected chi connectivity index (χ2v) is 6.66. The highest BCUT2D eigenvalue weighted by Crippen LogP contribution is 2.30. The number of pyridine rings is 1. The maximum absolute atomic E-state index is 14.2. The van der Waals surface area contributed by atoms with Gasteiger partial charge in [-0.3, -0.25) is 10.1 Å². The van der Waals surface area contributed by atoms with Gasteiger partial charge in [-0.05, 0) is 18.4 Å². The van der Waals surface area contributed by atoms with E-state index in [2.05, 4.69) is 15.3 Å². The quantitative estimate of drug-likeness (QED) is 0.424. The van der Waals surface area contributed by atoms with Gasteiger partial charge in [0.2, 0.25) is 5.82 Å². The van der Waals surface area contributed by atoms with E-state index in [4.69, 9.17) is 0 Å². The van der Waals surface area contributed by atoms with Crippen molar-refractivity contribution >= 4 is 44.8 Å². The number of hydrogen-bond acceptors (Lipinski definition) is 7. The first kappa shape index (κ1) is 15.6. The molecule has 0 saturated carbocycles. The van der Waals surface area contributed by atoms with E-state index < -0.39 is 10.7 Å². The summed E-state index contributed by atoms with van der Waals surface area (Å²) in [5.74, 6) is -0.285. The first-order valence-corrected chi connectivity index (χ1v) is 8.59. The Morgan fingerprint density at radius 3 is 3.04 bits per heavy atom. The van der Waals surface area contributed by atoms with Gasteiger partial charge in [0.25, 0.3) is 0 Å². The molecule has 3 rings (SSSR count). The molecule has 0 atom stereocenters. The second-order valence-electron chi connectivity index (χ2n) is 4.58.